The summed E-state index contributed by atoms with van der Waals surface area (Å²) in [5.74, 6) is -1.08. The van der Waals surface area contributed by atoms with Crippen LogP contribution in [0.2, 0.25) is 0 Å². The van der Waals surface area contributed by atoms with Crippen LogP contribution in [0.3, 0.4) is 0 Å². The molecule has 4 atom stereocenters. The number of aliphatic hydroxyl groups excluding tert-OH is 2. The Hall–Kier alpha value is -1.20. The summed E-state index contributed by atoms with van der Waals surface area (Å²) in [6.45, 7) is 2.12. The number of hydrogen-bond donors (Lipinski definition) is 3. The molecule has 1 aliphatic rings. The van der Waals surface area contributed by atoms with E-state index in [0.717, 1.165) is 44.9 Å². The minimum atomic E-state index is -0.764. The summed E-state index contributed by atoms with van der Waals surface area (Å²) in [5.41, 5.74) is 0. The number of aliphatic carboxylic acids is 1. The molecule has 5 heteroatoms. The summed E-state index contributed by atoms with van der Waals surface area (Å²) in [5, 5.41) is 28.7. The highest BCUT2D eigenvalue weighted by Gasteiger charge is 2.39. The molecule has 0 spiro atoms. The molecule has 25 heavy (non-hydrogen) atoms. The Kier molecular flexibility index (Phi) is 10.7. The number of unbranched alkanes of at least 4 members (excludes halogenated alkanes) is 5. The zero-order valence-corrected chi connectivity index (χ0v) is 15.4. The first-order chi connectivity index (χ1) is 12.0. The summed E-state index contributed by atoms with van der Waals surface area (Å²) in [7, 11) is 0. The van der Waals surface area contributed by atoms with Gasteiger partial charge in [0.1, 0.15) is 5.78 Å². The molecule has 0 aromatic carbocycles. The summed E-state index contributed by atoms with van der Waals surface area (Å²) >= 11 is 0. The van der Waals surface area contributed by atoms with Gasteiger partial charge in [-0.2, -0.15) is 0 Å². The second kappa shape index (κ2) is 12.2. The number of carbonyl (C=O) groups is 2. The molecule has 1 saturated carbocycles. The van der Waals surface area contributed by atoms with Crippen LogP contribution in [0.5, 0.6) is 0 Å². The highest BCUT2D eigenvalue weighted by Crippen LogP contribution is 2.34. The molecule has 1 aliphatic carbocycles. The van der Waals surface area contributed by atoms with Gasteiger partial charge >= 0.3 is 5.97 Å². The smallest absolute Gasteiger partial charge is 0.303 e. The molecule has 0 heterocycles. The van der Waals surface area contributed by atoms with Crippen LogP contribution < -0.4 is 0 Å². The third kappa shape index (κ3) is 8.63. The summed E-state index contributed by atoms with van der Waals surface area (Å²) < 4.78 is 0. The lowest BCUT2D eigenvalue weighted by Crippen LogP contribution is -2.19. The largest absolute Gasteiger partial charge is 0.481 e. The molecule has 5 nitrogen and oxygen atoms in total. The van der Waals surface area contributed by atoms with Gasteiger partial charge in [0.2, 0.25) is 0 Å². The van der Waals surface area contributed by atoms with E-state index >= 15 is 0 Å². The maximum absolute atomic E-state index is 12.1. The normalized spacial score (nSPS) is 24.9. The SMILES string of the molecule is CCCCC[C@@H](O)/C=C/[C@@H]1C(=O)C[C@H](O)[C@@H]1CCCCCCC(=O)O. The van der Waals surface area contributed by atoms with E-state index in [2.05, 4.69) is 6.92 Å². The Balaban J connectivity index is 2.39. The van der Waals surface area contributed by atoms with Crippen LogP contribution in [0.4, 0.5) is 0 Å². The molecule has 1 fully saturated rings. The fraction of sp³-hybridized carbons (Fsp3) is 0.800. The molecule has 0 amide bonds. The number of Topliss-reactive ketones (excluding diaryl/α,β-unsaturated/α-hetero) is 1. The lowest BCUT2D eigenvalue weighted by atomic mass is 9.88. The molecule has 0 aromatic heterocycles. The van der Waals surface area contributed by atoms with E-state index in [1.165, 1.54) is 0 Å². The maximum atomic E-state index is 12.1. The second-order valence-corrected chi connectivity index (χ2v) is 7.22. The highest BCUT2D eigenvalue weighted by atomic mass is 16.4. The van der Waals surface area contributed by atoms with Gasteiger partial charge in [-0.15, -0.1) is 0 Å². The van der Waals surface area contributed by atoms with Crippen LogP contribution in [-0.4, -0.2) is 39.3 Å². The zero-order valence-electron chi connectivity index (χ0n) is 15.4. The number of carboxylic acids is 1. The Bertz CT molecular complexity index is 432. The molecule has 1 rings (SSSR count). The first kappa shape index (κ1) is 21.8. The molecule has 0 aliphatic heterocycles. The monoisotopic (exact) mass is 354 g/mol. The van der Waals surface area contributed by atoms with E-state index in [9.17, 15) is 19.8 Å². The van der Waals surface area contributed by atoms with Crippen molar-refractivity contribution in [3.05, 3.63) is 12.2 Å². The number of rotatable bonds is 13. The van der Waals surface area contributed by atoms with Crippen molar-refractivity contribution >= 4 is 11.8 Å². The fourth-order valence-electron chi connectivity index (χ4n) is 3.55. The van der Waals surface area contributed by atoms with Gasteiger partial charge in [-0.1, -0.05) is 57.6 Å². The number of ketones is 1. The lowest BCUT2D eigenvalue weighted by molar-refractivity contribution is -0.137. The molecular weight excluding hydrogens is 320 g/mol. The van der Waals surface area contributed by atoms with Crippen molar-refractivity contribution in [3.63, 3.8) is 0 Å². The topological polar surface area (TPSA) is 94.8 Å². The maximum Gasteiger partial charge on any atom is 0.303 e. The molecular formula is C20H34O5. The molecule has 0 aromatic rings. The van der Waals surface area contributed by atoms with E-state index in [0.29, 0.717) is 12.8 Å². The average Bonchev–Trinajstić information content (AvgIpc) is 2.82. The van der Waals surface area contributed by atoms with E-state index in [-0.39, 0.29) is 30.5 Å². The minimum Gasteiger partial charge on any atom is -0.481 e. The van der Waals surface area contributed by atoms with Crippen molar-refractivity contribution in [3.8, 4) is 0 Å². The fourth-order valence-corrected chi connectivity index (χ4v) is 3.55. The van der Waals surface area contributed by atoms with Gasteiger partial charge in [-0.05, 0) is 25.2 Å². The van der Waals surface area contributed by atoms with Crippen LogP contribution in [0.25, 0.3) is 0 Å². The summed E-state index contributed by atoms with van der Waals surface area (Å²) in [6, 6.07) is 0. The van der Waals surface area contributed by atoms with E-state index in [1.807, 2.05) is 0 Å². The van der Waals surface area contributed by atoms with Gasteiger partial charge in [0.15, 0.2) is 0 Å². The number of allylic oxidation sites excluding steroid dienone is 1. The van der Waals surface area contributed by atoms with Gasteiger partial charge < -0.3 is 15.3 Å². The van der Waals surface area contributed by atoms with E-state index < -0.39 is 18.2 Å². The van der Waals surface area contributed by atoms with Gasteiger partial charge in [-0.3, -0.25) is 9.59 Å². The van der Waals surface area contributed by atoms with Crippen LogP contribution >= 0.6 is 0 Å². The van der Waals surface area contributed by atoms with Crippen LogP contribution in [0.15, 0.2) is 12.2 Å². The van der Waals surface area contributed by atoms with Crippen molar-refractivity contribution < 1.29 is 24.9 Å². The predicted octanol–water partition coefficient (Wildman–Crippen LogP) is 3.48. The Labute approximate surface area is 151 Å². The number of hydrogen-bond acceptors (Lipinski definition) is 4. The van der Waals surface area contributed by atoms with Crippen molar-refractivity contribution in [2.75, 3.05) is 0 Å². The van der Waals surface area contributed by atoms with Gasteiger partial charge in [0.25, 0.3) is 0 Å². The highest BCUT2D eigenvalue weighted by molar-refractivity contribution is 5.85. The standard InChI is InChI=1S/C20H34O5/c1-2-3-6-9-15(21)12-13-17-16(18(22)14-19(17)23)10-7-4-5-8-11-20(24)25/h12-13,15-18,21-22H,2-11,14H2,1H3,(H,24,25)/b13-12+/t15-,16-,17+,18+/m1/s1. The third-order valence-corrected chi connectivity index (χ3v) is 5.06. The third-order valence-electron chi connectivity index (χ3n) is 5.06. The van der Waals surface area contributed by atoms with Gasteiger partial charge in [0, 0.05) is 18.8 Å². The summed E-state index contributed by atoms with van der Waals surface area (Å²) in [4.78, 5) is 22.6. The van der Waals surface area contributed by atoms with E-state index in [4.69, 9.17) is 5.11 Å². The second-order valence-electron chi connectivity index (χ2n) is 7.22. The van der Waals surface area contributed by atoms with Crippen molar-refractivity contribution in [1.82, 2.24) is 0 Å². The van der Waals surface area contributed by atoms with Gasteiger partial charge in [0.05, 0.1) is 12.2 Å². The van der Waals surface area contributed by atoms with Crippen molar-refractivity contribution in [2.24, 2.45) is 11.8 Å². The van der Waals surface area contributed by atoms with Crippen molar-refractivity contribution in [2.45, 2.75) is 89.8 Å². The number of carboxylic acid groups (broad SMARTS) is 1. The zero-order chi connectivity index (χ0) is 18.7. The molecule has 144 valence electrons. The first-order valence-electron chi connectivity index (χ1n) is 9.74. The lowest BCUT2D eigenvalue weighted by Gasteiger charge is -2.18. The number of aliphatic hydroxyl groups is 2. The molecule has 0 radical (unpaired) electrons. The Morgan fingerprint density at radius 3 is 2.60 bits per heavy atom. The molecule has 0 saturated heterocycles. The molecule has 3 N–H and O–H groups in total. The van der Waals surface area contributed by atoms with Crippen LogP contribution in [0, 0.1) is 11.8 Å². The summed E-state index contributed by atoms with van der Waals surface area (Å²) in [6.07, 6.45) is 10.8. The molecule has 0 bridgehead atoms. The minimum absolute atomic E-state index is 0.0559. The van der Waals surface area contributed by atoms with Crippen LogP contribution in [0.1, 0.15) is 77.6 Å². The van der Waals surface area contributed by atoms with Crippen molar-refractivity contribution in [1.29, 1.82) is 0 Å². The predicted molar refractivity (Wildman–Crippen MR) is 97.2 cm³/mol. The van der Waals surface area contributed by atoms with Gasteiger partial charge in [-0.25, -0.2) is 0 Å². The average molecular weight is 354 g/mol. The van der Waals surface area contributed by atoms with E-state index in [1.54, 1.807) is 12.2 Å². The quantitative estimate of drug-likeness (QED) is 0.348. The Morgan fingerprint density at radius 1 is 1.20 bits per heavy atom. The first-order valence-corrected chi connectivity index (χ1v) is 9.74. The van der Waals surface area contributed by atoms with Crippen LogP contribution in [-0.2, 0) is 9.59 Å². The number of carbonyl (C=O) groups excluding carboxylic acids is 1. The molecule has 0 unspecified atom stereocenters. The Morgan fingerprint density at radius 2 is 1.92 bits per heavy atom.